The molecule has 1 aliphatic heterocycles. The molecule has 0 aliphatic carbocycles. The maximum atomic E-state index is 12.3. The Morgan fingerprint density at radius 2 is 1.97 bits per heavy atom. The fourth-order valence-electron chi connectivity index (χ4n) is 3.63. The third kappa shape index (κ3) is 5.63. The number of carbonyl (C=O) groups excluding carboxylic acids is 1. The Bertz CT molecular complexity index is 1040. The minimum atomic E-state index is -0.130. The van der Waals surface area contributed by atoms with Gasteiger partial charge in [0.15, 0.2) is 16.6 Å². The highest BCUT2D eigenvalue weighted by molar-refractivity contribution is 7.13. The molecule has 0 bridgehead atoms. The lowest BCUT2D eigenvalue weighted by molar-refractivity contribution is -0.116. The number of nitrogens with one attached hydrogen (secondary N) is 1. The zero-order chi connectivity index (χ0) is 22.3. The van der Waals surface area contributed by atoms with Crippen molar-refractivity contribution < 1.29 is 18.8 Å². The first-order chi connectivity index (χ1) is 15.6. The summed E-state index contributed by atoms with van der Waals surface area (Å²) in [5, 5.41) is 9.51. The maximum absolute atomic E-state index is 12.3. The van der Waals surface area contributed by atoms with Crippen LogP contribution in [0.15, 0.2) is 28.1 Å². The fourth-order valence-corrected chi connectivity index (χ4v) is 4.35. The topological polar surface area (TPSA) is 103 Å². The number of ether oxygens (including phenoxy) is 2. The van der Waals surface area contributed by atoms with Crippen molar-refractivity contribution in [3.05, 3.63) is 35.2 Å². The predicted octanol–water partition coefficient (Wildman–Crippen LogP) is 3.77. The summed E-state index contributed by atoms with van der Waals surface area (Å²) in [5.41, 5.74) is 1.75. The summed E-state index contributed by atoms with van der Waals surface area (Å²) < 4.78 is 15.9. The number of anilines is 1. The molecule has 9 nitrogen and oxygen atoms in total. The molecule has 0 unspecified atom stereocenters. The highest BCUT2D eigenvalue weighted by Gasteiger charge is 2.15. The summed E-state index contributed by atoms with van der Waals surface area (Å²) in [4.78, 5) is 23.7. The third-order valence-corrected chi connectivity index (χ3v) is 6.11. The number of carbonyl (C=O) groups is 1. The van der Waals surface area contributed by atoms with Crippen LogP contribution in [0.2, 0.25) is 0 Å². The molecule has 3 heterocycles. The first-order valence-electron chi connectivity index (χ1n) is 10.7. The molecular weight excluding hydrogens is 430 g/mol. The van der Waals surface area contributed by atoms with Crippen LogP contribution >= 0.6 is 11.3 Å². The van der Waals surface area contributed by atoms with Gasteiger partial charge >= 0.3 is 0 Å². The number of benzene rings is 1. The Kier molecular flexibility index (Phi) is 7.33. The number of amides is 1. The minimum absolute atomic E-state index is 0.130. The second kappa shape index (κ2) is 10.6. The highest BCUT2D eigenvalue weighted by Crippen LogP contribution is 2.31. The van der Waals surface area contributed by atoms with Gasteiger partial charge in [-0.3, -0.25) is 9.69 Å². The minimum Gasteiger partial charge on any atom is -0.493 e. The zero-order valence-electron chi connectivity index (χ0n) is 18.3. The van der Waals surface area contributed by atoms with Crippen molar-refractivity contribution >= 4 is 22.4 Å². The number of rotatable bonds is 9. The molecule has 1 aromatic carbocycles. The summed E-state index contributed by atoms with van der Waals surface area (Å²) in [7, 11) is 3.15. The lowest BCUT2D eigenvalue weighted by atomic mass is 10.1. The molecule has 0 spiro atoms. The second-order valence-electron chi connectivity index (χ2n) is 7.61. The summed E-state index contributed by atoms with van der Waals surface area (Å²) >= 11 is 1.45. The molecule has 4 rings (SSSR count). The van der Waals surface area contributed by atoms with E-state index < -0.39 is 0 Å². The standard InChI is InChI=1S/C22H27N5O4S/c1-29-17-7-6-15(12-18(17)30-2)21-25-20(31-26-21)9-8-19(28)24-22-23-16(14-32-22)13-27-10-4-3-5-11-27/h6-7,12,14H,3-5,8-11,13H2,1-2H3,(H,23,24,28). The molecule has 10 heteroatoms. The molecule has 1 amide bonds. The molecule has 1 aliphatic rings. The SMILES string of the molecule is COc1ccc(-c2noc(CCC(=O)Nc3nc(CN4CCCCC4)cs3)n2)cc1OC. The van der Waals surface area contributed by atoms with E-state index in [2.05, 4.69) is 25.3 Å². The van der Waals surface area contributed by atoms with Crippen molar-refractivity contribution in [2.75, 3.05) is 32.6 Å². The van der Waals surface area contributed by atoms with Gasteiger partial charge < -0.3 is 19.3 Å². The van der Waals surface area contributed by atoms with E-state index in [0.29, 0.717) is 34.8 Å². The quantitative estimate of drug-likeness (QED) is 0.518. The maximum Gasteiger partial charge on any atom is 0.227 e. The van der Waals surface area contributed by atoms with Crippen LogP contribution in [0, 0.1) is 0 Å². The van der Waals surface area contributed by atoms with Crippen LogP contribution in [0.5, 0.6) is 11.5 Å². The normalized spacial score (nSPS) is 14.3. The van der Waals surface area contributed by atoms with Gasteiger partial charge in [0, 0.05) is 30.3 Å². The number of thiazole rings is 1. The monoisotopic (exact) mass is 457 g/mol. The van der Waals surface area contributed by atoms with E-state index in [9.17, 15) is 4.79 Å². The van der Waals surface area contributed by atoms with Crippen LogP contribution < -0.4 is 14.8 Å². The molecule has 32 heavy (non-hydrogen) atoms. The van der Waals surface area contributed by atoms with Crippen LogP contribution in [0.3, 0.4) is 0 Å². The van der Waals surface area contributed by atoms with Gasteiger partial charge in [0.25, 0.3) is 0 Å². The number of nitrogens with zero attached hydrogens (tertiary/aromatic N) is 4. The van der Waals surface area contributed by atoms with Crippen LogP contribution in [-0.4, -0.2) is 53.2 Å². The molecule has 0 radical (unpaired) electrons. The van der Waals surface area contributed by atoms with E-state index in [0.717, 1.165) is 30.9 Å². The number of aromatic nitrogens is 3. The average Bonchev–Trinajstić information content (AvgIpc) is 3.47. The smallest absolute Gasteiger partial charge is 0.227 e. The molecule has 2 aromatic heterocycles. The summed E-state index contributed by atoms with van der Waals surface area (Å²) in [6.07, 6.45) is 4.38. The van der Waals surface area contributed by atoms with E-state index in [1.54, 1.807) is 26.4 Å². The number of methoxy groups -OCH3 is 2. The number of likely N-dealkylation sites (tertiary alicyclic amines) is 1. The van der Waals surface area contributed by atoms with Crippen molar-refractivity contribution in [3.63, 3.8) is 0 Å². The van der Waals surface area contributed by atoms with Gasteiger partial charge in [0.2, 0.25) is 17.6 Å². The first kappa shape index (κ1) is 22.2. The lowest BCUT2D eigenvalue weighted by Crippen LogP contribution is -2.29. The Balaban J connectivity index is 1.28. The van der Waals surface area contributed by atoms with Crippen molar-refractivity contribution in [1.29, 1.82) is 0 Å². The molecule has 1 N–H and O–H groups in total. The average molecular weight is 458 g/mol. The van der Waals surface area contributed by atoms with Gasteiger partial charge in [-0.1, -0.05) is 11.6 Å². The van der Waals surface area contributed by atoms with E-state index in [1.807, 2.05) is 11.4 Å². The van der Waals surface area contributed by atoms with Gasteiger partial charge in [-0.05, 0) is 44.1 Å². The molecule has 170 valence electrons. The fraction of sp³-hybridized carbons (Fsp3) is 0.455. The van der Waals surface area contributed by atoms with Gasteiger partial charge in [-0.25, -0.2) is 4.98 Å². The Hall–Kier alpha value is -2.98. The second-order valence-corrected chi connectivity index (χ2v) is 8.47. The number of piperidine rings is 1. The van der Waals surface area contributed by atoms with Crippen molar-refractivity contribution in [1.82, 2.24) is 20.0 Å². The number of hydrogen-bond donors (Lipinski definition) is 1. The van der Waals surface area contributed by atoms with Crippen LogP contribution in [0.1, 0.15) is 37.3 Å². The van der Waals surface area contributed by atoms with E-state index >= 15 is 0 Å². The van der Waals surface area contributed by atoms with Crippen molar-refractivity contribution in [3.8, 4) is 22.9 Å². The highest BCUT2D eigenvalue weighted by atomic mass is 32.1. The first-order valence-corrected chi connectivity index (χ1v) is 11.5. The van der Waals surface area contributed by atoms with Crippen LogP contribution in [-0.2, 0) is 17.8 Å². The van der Waals surface area contributed by atoms with E-state index in [-0.39, 0.29) is 12.3 Å². The van der Waals surface area contributed by atoms with E-state index in [1.165, 1.54) is 30.6 Å². The summed E-state index contributed by atoms with van der Waals surface area (Å²) in [6, 6.07) is 5.39. The van der Waals surface area contributed by atoms with Gasteiger partial charge in [0.1, 0.15) is 0 Å². The Morgan fingerprint density at radius 3 is 2.75 bits per heavy atom. The molecule has 1 saturated heterocycles. The van der Waals surface area contributed by atoms with Gasteiger partial charge in [0.05, 0.1) is 19.9 Å². The van der Waals surface area contributed by atoms with Crippen LogP contribution in [0.4, 0.5) is 5.13 Å². The van der Waals surface area contributed by atoms with Crippen molar-refractivity contribution in [2.45, 2.75) is 38.6 Å². The molecule has 1 fully saturated rings. The number of aryl methyl sites for hydroxylation is 1. The number of hydrogen-bond acceptors (Lipinski definition) is 9. The molecular formula is C22H27N5O4S. The molecule has 0 saturated carbocycles. The van der Waals surface area contributed by atoms with Gasteiger partial charge in [-0.2, -0.15) is 4.98 Å². The van der Waals surface area contributed by atoms with E-state index in [4.69, 9.17) is 14.0 Å². The Labute approximate surface area is 190 Å². The largest absolute Gasteiger partial charge is 0.493 e. The molecule has 0 atom stereocenters. The van der Waals surface area contributed by atoms with Crippen molar-refractivity contribution in [2.24, 2.45) is 0 Å². The summed E-state index contributed by atoms with van der Waals surface area (Å²) in [5.74, 6) is 1.91. The predicted molar refractivity (Wildman–Crippen MR) is 121 cm³/mol. The molecule has 3 aromatic rings. The Morgan fingerprint density at radius 1 is 1.16 bits per heavy atom. The lowest BCUT2D eigenvalue weighted by Gasteiger charge is -2.25. The zero-order valence-corrected chi connectivity index (χ0v) is 19.1. The van der Waals surface area contributed by atoms with Crippen LogP contribution in [0.25, 0.3) is 11.4 Å². The third-order valence-electron chi connectivity index (χ3n) is 5.31. The van der Waals surface area contributed by atoms with Gasteiger partial charge in [-0.15, -0.1) is 11.3 Å². The summed E-state index contributed by atoms with van der Waals surface area (Å²) in [6.45, 7) is 3.08.